The van der Waals surface area contributed by atoms with E-state index >= 15 is 0 Å². The standard InChI is InChI=1S/C11H10BrClFN3O2S/c1-6(2)17-10(15-16-11(17)20(13,18)19)7-4-3-5-8(12)9(7)14/h3-6H,1-2H3. The molecule has 1 heterocycles. The number of hydrogen-bond donors (Lipinski definition) is 0. The number of benzene rings is 1. The molecule has 0 aliphatic rings. The monoisotopic (exact) mass is 381 g/mol. The molecule has 0 amide bonds. The Hall–Kier alpha value is -0.990. The fraction of sp³-hybridized carbons (Fsp3) is 0.273. The second-order valence-corrected chi connectivity index (χ2v) is 7.62. The highest BCUT2D eigenvalue weighted by Gasteiger charge is 2.26. The average molecular weight is 383 g/mol. The van der Waals surface area contributed by atoms with E-state index in [2.05, 4.69) is 26.1 Å². The SMILES string of the molecule is CC(C)n1c(-c2cccc(Br)c2F)nnc1S(=O)(=O)Cl. The Morgan fingerprint density at radius 1 is 1.35 bits per heavy atom. The van der Waals surface area contributed by atoms with Gasteiger partial charge < -0.3 is 0 Å². The van der Waals surface area contributed by atoms with E-state index in [4.69, 9.17) is 10.7 Å². The van der Waals surface area contributed by atoms with Gasteiger partial charge in [0.2, 0.25) is 0 Å². The van der Waals surface area contributed by atoms with Crippen LogP contribution in [0.1, 0.15) is 19.9 Å². The minimum absolute atomic E-state index is 0.109. The molecule has 0 radical (unpaired) electrons. The van der Waals surface area contributed by atoms with E-state index < -0.39 is 20.0 Å². The molecule has 0 atom stereocenters. The second kappa shape index (κ2) is 5.42. The third-order valence-corrected chi connectivity index (χ3v) is 4.33. The maximum atomic E-state index is 14.1. The number of nitrogens with zero attached hydrogens (tertiary/aromatic N) is 3. The molecule has 1 aromatic heterocycles. The van der Waals surface area contributed by atoms with Crippen LogP contribution in [0.4, 0.5) is 4.39 Å². The minimum atomic E-state index is -4.06. The zero-order valence-electron chi connectivity index (χ0n) is 10.5. The Balaban J connectivity index is 2.76. The minimum Gasteiger partial charge on any atom is -0.294 e. The van der Waals surface area contributed by atoms with Crippen molar-refractivity contribution in [2.75, 3.05) is 0 Å². The van der Waals surface area contributed by atoms with Crippen LogP contribution in [0.15, 0.2) is 27.8 Å². The van der Waals surface area contributed by atoms with Crippen molar-refractivity contribution in [1.29, 1.82) is 0 Å². The van der Waals surface area contributed by atoms with Crippen LogP contribution in [0.3, 0.4) is 0 Å². The van der Waals surface area contributed by atoms with Crippen molar-refractivity contribution >= 4 is 35.7 Å². The summed E-state index contributed by atoms with van der Waals surface area (Å²) in [6, 6.07) is 4.35. The molecule has 108 valence electrons. The van der Waals surface area contributed by atoms with Gasteiger partial charge in [0.05, 0.1) is 10.0 Å². The molecule has 2 aromatic rings. The summed E-state index contributed by atoms with van der Waals surface area (Å²) in [5, 5.41) is 6.93. The van der Waals surface area contributed by atoms with Gasteiger partial charge in [-0.05, 0) is 41.9 Å². The molecule has 0 bridgehead atoms. The van der Waals surface area contributed by atoms with E-state index in [0.717, 1.165) is 0 Å². The van der Waals surface area contributed by atoms with Gasteiger partial charge in [-0.1, -0.05) is 6.07 Å². The molecular weight excluding hydrogens is 373 g/mol. The Morgan fingerprint density at radius 2 is 2.00 bits per heavy atom. The Labute approximate surface area is 128 Å². The number of hydrogen-bond acceptors (Lipinski definition) is 4. The first-order valence-corrected chi connectivity index (χ1v) is 8.67. The van der Waals surface area contributed by atoms with Crippen LogP contribution in [0, 0.1) is 5.82 Å². The zero-order valence-corrected chi connectivity index (χ0v) is 13.7. The van der Waals surface area contributed by atoms with Gasteiger partial charge >= 0.3 is 0 Å². The lowest BCUT2D eigenvalue weighted by atomic mass is 10.2. The molecule has 20 heavy (non-hydrogen) atoms. The summed E-state index contributed by atoms with van der Waals surface area (Å²) in [7, 11) is 1.26. The van der Waals surface area contributed by atoms with Crippen LogP contribution >= 0.6 is 26.6 Å². The molecule has 0 aliphatic carbocycles. The topological polar surface area (TPSA) is 64.8 Å². The summed E-state index contributed by atoms with van der Waals surface area (Å²) in [4.78, 5) is 0. The van der Waals surface area contributed by atoms with Gasteiger partial charge in [0.25, 0.3) is 14.2 Å². The highest BCUT2D eigenvalue weighted by atomic mass is 79.9. The molecule has 5 nitrogen and oxygen atoms in total. The van der Waals surface area contributed by atoms with E-state index in [9.17, 15) is 12.8 Å². The van der Waals surface area contributed by atoms with Gasteiger partial charge in [0.15, 0.2) is 5.82 Å². The average Bonchev–Trinajstić information content (AvgIpc) is 2.77. The molecule has 0 aliphatic heterocycles. The van der Waals surface area contributed by atoms with Crippen molar-refractivity contribution in [2.45, 2.75) is 25.0 Å². The third-order valence-electron chi connectivity index (χ3n) is 2.59. The van der Waals surface area contributed by atoms with Crippen LogP contribution in [-0.4, -0.2) is 23.2 Å². The predicted molar refractivity (Wildman–Crippen MR) is 76.5 cm³/mol. The second-order valence-electron chi connectivity index (χ2n) is 4.31. The first kappa shape index (κ1) is 15.4. The van der Waals surface area contributed by atoms with Gasteiger partial charge in [-0.3, -0.25) is 4.57 Å². The van der Waals surface area contributed by atoms with Crippen LogP contribution in [0.5, 0.6) is 0 Å². The van der Waals surface area contributed by atoms with E-state index in [1.54, 1.807) is 19.9 Å². The van der Waals surface area contributed by atoms with Gasteiger partial charge in [-0.25, -0.2) is 12.8 Å². The van der Waals surface area contributed by atoms with E-state index in [-0.39, 0.29) is 21.9 Å². The van der Waals surface area contributed by atoms with Crippen molar-refractivity contribution < 1.29 is 12.8 Å². The fourth-order valence-corrected chi connectivity index (χ4v) is 3.12. The van der Waals surface area contributed by atoms with Crippen LogP contribution < -0.4 is 0 Å². The van der Waals surface area contributed by atoms with Crippen molar-refractivity contribution in [2.24, 2.45) is 0 Å². The maximum Gasteiger partial charge on any atom is 0.296 e. The van der Waals surface area contributed by atoms with Crippen LogP contribution in [-0.2, 0) is 9.05 Å². The largest absolute Gasteiger partial charge is 0.296 e. The maximum absolute atomic E-state index is 14.1. The molecule has 1 aromatic carbocycles. The summed E-state index contributed by atoms with van der Waals surface area (Å²) >= 11 is 3.07. The molecule has 0 unspecified atom stereocenters. The summed E-state index contributed by atoms with van der Waals surface area (Å²) in [6.07, 6.45) is 0. The third kappa shape index (κ3) is 2.72. The van der Waals surface area contributed by atoms with E-state index in [1.807, 2.05) is 0 Å². The summed E-state index contributed by atoms with van der Waals surface area (Å²) in [5.41, 5.74) is 0.146. The predicted octanol–water partition coefficient (Wildman–Crippen LogP) is 3.36. The van der Waals surface area contributed by atoms with Gasteiger partial charge in [0, 0.05) is 16.7 Å². The van der Waals surface area contributed by atoms with Crippen molar-refractivity contribution in [3.8, 4) is 11.4 Å². The lowest BCUT2D eigenvalue weighted by Crippen LogP contribution is -2.10. The molecular formula is C11H10BrClFN3O2S. The molecule has 0 N–H and O–H groups in total. The normalized spacial score (nSPS) is 12.1. The number of rotatable bonds is 3. The van der Waals surface area contributed by atoms with Crippen molar-refractivity contribution in [3.05, 3.63) is 28.5 Å². The molecule has 0 spiro atoms. The Morgan fingerprint density at radius 3 is 2.55 bits per heavy atom. The van der Waals surface area contributed by atoms with E-state index in [0.29, 0.717) is 0 Å². The van der Waals surface area contributed by atoms with E-state index in [1.165, 1.54) is 16.7 Å². The van der Waals surface area contributed by atoms with Gasteiger partial charge in [0.1, 0.15) is 5.82 Å². The van der Waals surface area contributed by atoms with Crippen LogP contribution in [0.2, 0.25) is 0 Å². The molecule has 0 saturated heterocycles. The Kier molecular flexibility index (Phi) is 4.17. The fourth-order valence-electron chi connectivity index (χ4n) is 1.77. The van der Waals surface area contributed by atoms with Gasteiger partial charge in [-0.2, -0.15) is 0 Å². The number of halogens is 3. The highest BCUT2D eigenvalue weighted by Crippen LogP contribution is 2.30. The molecule has 9 heteroatoms. The number of aromatic nitrogens is 3. The molecule has 0 saturated carbocycles. The highest BCUT2D eigenvalue weighted by molar-refractivity contribution is 9.10. The lowest BCUT2D eigenvalue weighted by Gasteiger charge is -2.13. The molecule has 2 rings (SSSR count). The smallest absolute Gasteiger partial charge is 0.294 e. The quantitative estimate of drug-likeness (QED) is 0.764. The summed E-state index contributed by atoms with van der Waals surface area (Å²) in [6.45, 7) is 3.46. The summed E-state index contributed by atoms with van der Waals surface area (Å²) in [5.74, 6) is -0.432. The van der Waals surface area contributed by atoms with Gasteiger partial charge in [-0.15, -0.1) is 10.2 Å². The van der Waals surface area contributed by atoms with Crippen molar-refractivity contribution in [1.82, 2.24) is 14.8 Å². The van der Waals surface area contributed by atoms with Crippen LogP contribution in [0.25, 0.3) is 11.4 Å². The lowest BCUT2D eigenvalue weighted by molar-refractivity contribution is 0.528. The molecule has 0 fully saturated rings. The zero-order chi connectivity index (χ0) is 15.1. The van der Waals surface area contributed by atoms with Crippen molar-refractivity contribution in [3.63, 3.8) is 0 Å². The first-order valence-electron chi connectivity index (χ1n) is 5.57. The summed E-state index contributed by atoms with van der Waals surface area (Å²) < 4.78 is 38.7. The first-order chi connectivity index (χ1) is 9.23. The Bertz CT molecular complexity index is 761.